The van der Waals surface area contributed by atoms with E-state index >= 15 is 0 Å². The van der Waals surface area contributed by atoms with Crippen LogP contribution in [0, 0.1) is 0 Å². The molecular formula is C14H20BrNO. The molecule has 3 heteroatoms. The fourth-order valence-electron chi connectivity index (χ4n) is 2.27. The first-order valence-electron chi connectivity index (χ1n) is 6.37. The normalized spacial score (nSPS) is 19.8. The van der Waals surface area contributed by atoms with Gasteiger partial charge in [-0.05, 0) is 37.1 Å². The Labute approximate surface area is 112 Å². The van der Waals surface area contributed by atoms with Crippen LogP contribution >= 0.6 is 15.9 Å². The summed E-state index contributed by atoms with van der Waals surface area (Å²) in [4.78, 5) is 0. The first-order valence-corrected chi connectivity index (χ1v) is 7.16. The number of fused-ring (bicyclic) bond motifs is 1. The van der Waals surface area contributed by atoms with Crippen molar-refractivity contribution in [1.29, 1.82) is 0 Å². The minimum atomic E-state index is 0.290. The van der Waals surface area contributed by atoms with E-state index in [9.17, 15) is 0 Å². The predicted molar refractivity (Wildman–Crippen MR) is 74.6 cm³/mol. The lowest BCUT2D eigenvalue weighted by Gasteiger charge is -2.16. The molecule has 17 heavy (non-hydrogen) atoms. The van der Waals surface area contributed by atoms with Gasteiger partial charge < -0.3 is 10.1 Å². The summed E-state index contributed by atoms with van der Waals surface area (Å²) < 4.78 is 7.04. The van der Waals surface area contributed by atoms with Crippen LogP contribution in [0.5, 0.6) is 5.75 Å². The summed E-state index contributed by atoms with van der Waals surface area (Å²) in [5.41, 5.74) is 1.31. The molecule has 1 heterocycles. The zero-order valence-electron chi connectivity index (χ0n) is 10.5. The zero-order valence-corrected chi connectivity index (χ0v) is 12.1. The Hall–Kier alpha value is -0.540. The molecule has 1 aliphatic rings. The molecule has 94 valence electrons. The third kappa shape index (κ3) is 3.46. The van der Waals surface area contributed by atoms with Gasteiger partial charge in [-0.1, -0.05) is 29.3 Å². The summed E-state index contributed by atoms with van der Waals surface area (Å²) >= 11 is 3.50. The van der Waals surface area contributed by atoms with Crippen LogP contribution in [0.1, 0.15) is 32.3 Å². The Balaban J connectivity index is 1.84. The van der Waals surface area contributed by atoms with Crippen molar-refractivity contribution in [3.8, 4) is 5.75 Å². The first kappa shape index (κ1) is 12.9. The number of ether oxygens (including phenoxy) is 1. The Morgan fingerprint density at radius 3 is 3.12 bits per heavy atom. The smallest absolute Gasteiger partial charge is 0.123 e. The maximum Gasteiger partial charge on any atom is 0.123 e. The summed E-state index contributed by atoms with van der Waals surface area (Å²) in [5, 5.41) is 3.54. The average molecular weight is 298 g/mol. The number of hydrogen-bond donors (Lipinski definition) is 1. The lowest BCUT2D eigenvalue weighted by molar-refractivity contribution is 0.221. The highest BCUT2D eigenvalue weighted by atomic mass is 79.9. The highest BCUT2D eigenvalue weighted by molar-refractivity contribution is 9.10. The van der Waals surface area contributed by atoms with E-state index in [4.69, 9.17) is 4.74 Å². The van der Waals surface area contributed by atoms with E-state index in [2.05, 4.69) is 47.2 Å². The maximum absolute atomic E-state index is 5.91. The third-order valence-corrected chi connectivity index (χ3v) is 3.67. The summed E-state index contributed by atoms with van der Waals surface area (Å²) in [6.07, 6.45) is 3.76. The van der Waals surface area contributed by atoms with Crippen molar-refractivity contribution in [2.24, 2.45) is 0 Å². The van der Waals surface area contributed by atoms with Gasteiger partial charge in [0.05, 0.1) is 0 Å². The SMILES string of the molecule is CCCC(C)NCC1Cc2cc(Br)ccc2O1. The van der Waals surface area contributed by atoms with Gasteiger partial charge in [0.25, 0.3) is 0 Å². The largest absolute Gasteiger partial charge is 0.488 e. The van der Waals surface area contributed by atoms with Crippen LogP contribution in [-0.4, -0.2) is 18.7 Å². The zero-order chi connectivity index (χ0) is 12.3. The van der Waals surface area contributed by atoms with Gasteiger partial charge in [-0.3, -0.25) is 0 Å². The monoisotopic (exact) mass is 297 g/mol. The predicted octanol–water partition coefficient (Wildman–Crippen LogP) is 3.53. The first-order chi connectivity index (χ1) is 8.19. The molecule has 0 radical (unpaired) electrons. The summed E-state index contributed by atoms with van der Waals surface area (Å²) in [6, 6.07) is 6.83. The van der Waals surface area contributed by atoms with Gasteiger partial charge in [-0.15, -0.1) is 0 Å². The molecule has 1 aliphatic heterocycles. The fraction of sp³-hybridized carbons (Fsp3) is 0.571. The average Bonchev–Trinajstić information content (AvgIpc) is 2.68. The minimum Gasteiger partial charge on any atom is -0.488 e. The van der Waals surface area contributed by atoms with Crippen LogP contribution in [0.4, 0.5) is 0 Å². The van der Waals surface area contributed by atoms with E-state index in [1.165, 1.54) is 18.4 Å². The molecule has 2 rings (SSSR count). The Morgan fingerprint density at radius 1 is 1.53 bits per heavy atom. The van der Waals surface area contributed by atoms with Crippen LogP contribution in [0.15, 0.2) is 22.7 Å². The second kappa shape index (κ2) is 5.87. The Bertz CT molecular complexity index is 380. The van der Waals surface area contributed by atoms with E-state index in [1.807, 2.05) is 6.07 Å². The quantitative estimate of drug-likeness (QED) is 0.898. The van der Waals surface area contributed by atoms with Gasteiger partial charge in [0.1, 0.15) is 11.9 Å². The molecule has 0 saturated heterocycles. The topological polar surface area (TPSA) is 21.3 Å². The molecule has 2 atom stereocenters. The van der Waals surface area contributed by atoms with Crippen LogP contribution < -0.4 is 10.1 Å². The van der Waals surface area contributed by atoms with Crippen LogP contribution in [0.3, 0.4) is 0 Å². The number of hydrogen-bond acceptors (Lipinski definition) is 2. The van der Waals surface area contributed by atoms with E-state index in [-0.39, 0.29) is 0 Å². The van der Waals surface area contributed by atoms with Crippen molar-refractivity contribution in [1.82, 2.24) is 5.32 Å². The molecule has 0 spiro atoms. The molecular weight excluding hydrogens is 278 g/mol. The highest BCUT2D eigenvalue weighted by Gasteiger charge is 2.22. The van der Waals surface area contributed by atoms with Crippen molar-refractivity contribution in [2.75, 3.05) is 6.54 Å². The van der Waals surface area contributed by atoms with Crippen LogP contribution in [-0.2, 0) is 6.42 Å². The Kier molecular flexibility index (Phi) is 4.46. The van der Waals surface area contributed by atoms with E-state index in [0.29, 0.717) is 12.1 Å². The molecule has 1 aromatic rings. The highest BCUT2D eigenvalue weighted by Crippen LogP contribution is 2.30. The molecule has 2 unspecified atom stereocenters. The van der Waals surface area contributed by atoms with Gasteiger partial charge in [0.15, 0.2) is 0 Å². The third-order valence-electron chi connectivity index (χ3n) is 3.18. The van der Waals surface area contributed by atoms with Crippen molar-refractivity contribution < 1.29 is 4.74 Å². The van der Waals surface area contributed by atoms with Crippen LogP contribution in [0.25, 0.3) is 0 Å². The second-order valence-corrected chi connectivity index (χ2v) is 5.71. The summed E-state index contributed by atoms with van der Waals surface area (Å²) in [7, 11) is 0. The lowest BCUT2D eigenvalue weighted by atomic mass is 10.1. The molecule has 0 saturated carbocycles. The number of nitrogens with one attached hydrogen (secondary N) is 1. The molecule has 0 aromatic heterocycles. The lowest BCUT2D eigenvalue weighted by Crippen LogP contribution is -2.35. The second-order valence-electron chi connectivity index (χ2n) is 4.79. The molecule has 1 N–H and O–H groups in total. The summed E-state index contributed by atoms with van der Waals surface area (Å²) in [5.74, 6) is 1.04. The van der Waals surface area contributed by atoms with Gasteiger partial charge in [-0.2, -0.15) is 0 Å². The van der Waals surface area contributed by atoms with Gasteiger partial charge >= 0.3 is 0 Å². The standard InChI is InChI=1S/C14H20BrNO/c1-3-4-10(2)16-9-13-8-11-7-12(15)5-6-14(11)17-13/h5-7,10,13,16H,3-4,8-9H2,1-2H3. The molecule has 0 bridgehead atoms. The molecule has 0 fully saturated rings. The van der Waals surface area contributed by atoms with Gasteiger partial charge in [0, 0.05) is 23.5 Å². The van der Waals surface area contributed by atoms with Crippen molar-refractivity contribution in [3.63, 3.8) is 0 Å². The minimum absolute atomic E-state index is 0.290. The summed E-state index contributed by atoms with van der Waals surface area (Å²) in [6.45, 7) is 5.40. The van der Waals surface area contributed by atoms with Gasteiger partial charge in [0.2, 0.25) is 0 Å². The molecule has 2 nitrogen and oxygen atoms in total. The van der Waals surface area contributed by atoms with Gasteiger partial charge in [-0.25, -0.2) is 0 Å². The number of rotatable bonds is 5. The van der Waals surface area contributed by atoms with Crippen molar-refractivity contribution in [3.05, 3.63) is 28.2 Å². The molecule has 0 amide bonds. The van der Waals surface area contributed by atoms with Crippen molar-refractivity contribution in [2.45, 2.75) is 45.3 Å². The number of benzene rings is 1. The number of halogens is 1. The van der Waals surface area contributed by atoms with E-state index < -0.39 is 0 Å². The van der Waals surface area contributed by atoms with E-state index in [1.54, 1.807) is 0 Å². The van der Waals surface area contributed by atoms with Crippen molar-refractivity contribution >= 4 is 15.9 Å². The maximum atomic E-state index is 5.91. The fourth-order valence-corrected chi connectivity index (χ4v) is 2.68. The Morgan fingerprint density at radius 2 is 2.35 bits per heavy atom. The molecule has 0 aliphatic carbocycles. The van der Waals surface area contributed by atoms with Crippen LogP contribution in [0.2, 0.25) is 0 Å². The molecule has 1 aromatic carbocycles. The van der Waals surface area contributed by atoms with E-state index in [0.717, 1.165) is 23.2 Å².